The number of ketones is 1. The number of unbranched alkanes of at least 4 members (excludes halogenated alkanes) is 1. The lowest BCUT2D eigenvalue weighted by atomic mass is 9.95. The van der Waals surface area contributed by atoms with Gasteiger partial charge >= 0.3 is 5.91 Å². The summed E-state index contributed by atoms with van der Waals surface area (Å²) >= 11 is 7.46. The first-order valence-corrected chi connectivity index (χ1v) is 15.5. The predicted octanol–water partition coefficient (Wildman–Crippen LogP) is 8.33. The van der Waals surface area contributed by atoms with Gasteiger partial charge in [-0.15, -0.1) is 0 Å². The standard InChI is InChI=1S/C35H29ClN2O5S/c1-2-3-18-42-27-11-7-10-24(19-27)32(39)30-31(23-12-15-26(16-13-23)43-21-22-8-5-4-6-9-22)38(34(41)33(30)40)35-37-28-17-14-25(36)20-29(28)44-35/h4-17,19-20,31,39H,2-3,18,21H2,1H3/b32-30+. The molecule has 1 N–H and O–H groups in total. The van der Waals surface area contributed by atoms with Crippen LogP contribution in [0.4, 0.5) is 5.13 Å². The molecule has 0 spiro atoms. The molecular formula is C35H29ClN2O5S. The fourth-order valence-corrected chi connectivity index (χ4v) is 6.31. The molecule has 1 aliphatic heterocycles. The quantitative estimate of drug-likeness (QED) is 0.0727. The number of aliphatic hydroxyl groups excluding tert-OH is 1. The van der Waals surface area contributed by atoms with Crippen molar-refractivity contribution in [2.45, 2.75) is 32.4 Å². The maximum Gasteiger partial charge on any atom is 0.301 e. The topological polar surface area (TPSA) is 89.0 Å². The molecule has 1 unspecified atom stereocenters. The molecule has 5 aromatic rings. The molecule has 1 amide bonds. The highest BCUT2D eigenvalue weighted by atomic mass is 35.5. The number of carbonyl (C=O) groups excluding carboxylic acids is 2. The van der Waals surface area contributed by atoms with Gasteiger partial charge < -0.3 is 14.6 Å². The normalized spacial score (nSPS) is 16.0. The number of Topliss-reactive ketones (excluding diaryl/α,β-unsaturated/α-hetero) is 1. The predicted molar refractivity (Wildman–Crippen MR) is 173 cm³/mol. The molecule has 0 bridgehead atoms. The molecule has 1 aliphatic rings. The van der Waals surface area contributed by atoms with Crippen LogP contribution in [0, 0.1) is 0 Å². The Morgan fingerprint density at radius 2 is 1.73 bits per heavy atom. The molecule has 0 aliphatic carbocycles. The Labute approximate surface area is 264 Å². The van der Waals surface area contributed by atoms with Crippen LogP contribution in [0.15, 0.2) is 103 Å². The number of hydrogen-bond donors (Lipinski definition) is 1. The molecule has 0 radical (unpaired) electrons. The molecule has 1 aromatic heterocycles. The highest BCUT2D eigenvalue weighted by molar-refractivity contribution is 7.22. The highest BCUT2D eigenvalue weighted by Gasteiger charge is 2.48. The summed E-state index contributed by atoms with van der Waals surface area (Å²) in [5.41, 5.74) is 2.64. The van der Waals surface area contributed by atoms with Gasteiger partial charge in [-0.25, -0.2) is 4.98 Å². The van der Waals surface area contributed by atoms with Gasteiger partial charge in [0.15, 0.2) is 5.13 Å². The first-order valence-electron chi connectivity index (χ1n) is 14.3. The Kier molecular flexibility index (Phi) is 8.63. The lowest BCUT2D eigenvalue weighted by Gasteiger charge is -2.23. The highest BCUT2D eigenvalue weighted by Crippen LogP contribution is 2.45. The molecule has 6 rings (SSSR count). The van der Waals surface area contributed by atoms with E-state index in [1.165, 1.54) is 16.2 Å². The van der Waals surface area contributed by atoms with E-state index in [2.05, 4.69) is 11.9 Å². The molecule has 7 nitrogen and oxygen atoms in total. The van der Waals surface area contributed by atoms with Crippen molar-refractivity contribution in [3.8, 4) is 11.5 Å². The summed E-state index contributed by atoms with van der Waals surface area (Å²) in [5.74, 6) is -0.671. The molecule has 2 heterocycles. The number of amides is 1. The van der Waals surface area contributed by atoms with Crippen molar-refractivity contribution in [1.29, 1.82) is 0 Å². The summed E-state index contributed by atoms with van der Waals surface area (Å²) in [6.07, 6.45) is 1.87. The second-order valence-electron chi connectivity index (χ2n) is 10.4. The first kappa shape index (κ1) is 29.4. The Balaban J connectivity index is 1.41. The van der Waals surface area contributed by atoms with Gasteiger partial charge in [-0.1, -0.05) is 90.9 Å². The van der Waals surface area contributed by atoms with Gasteiger partial charge in [0.1, 0.15) is 23.9 Å². The van der Waals surface area contributed by atoms with E-state index in [-0.39, 0.29) is 11.3 Å². The minimum Gasteiger partial charge on any atom is -0.507 e. The number of aromatic nitrogens is 1. The van der Waals surface area contributed by atoms with Crippen molar-refractivity contribution in [1.82, 2.24) is 4.98 Å². The van der Waals surface area contributed by atoms with Crippen molar-refractivity contribution < 1.29 is 24.2 Å². The van der Waals surface area contributed by atoms with E-state index < -0.39 is 17.7 Å². The van der Waals surface area contributed by atoms with Crippen LogP contribution in [0.1, 0.15) is 42.5 Å². The number of aliphatic hydroxyl groups is 1. The Hall–Kier alpha value is -4.66. The second kappa shape index (κ2) is 12.9. The zero-order valence-corrected chi connectivity index (χ0v) is 25.5. The van der Waals surface area contributed by atoms with Crippen molar-refractivity contribution in [3.05, 3.63) is 124 Å². The minimum atomic E-state index is -0.932. The summed E-state index contributed by atoms with van der Waals surface area (Å²) in [6.45, 7) is 3.00. The molecule has 1 saturated heterocycles. The number of anilines is 1. The fourth-order valence-electron chi connectivity index (χ4n) is 5.04. The Morgan fingerprint density at radius 3 is 2.50 bits per heavy atom. The number of halogens is 1. The van der Waals surface area contributed by atoms with Gasteiger partial charge in [-0.05, 0) is 60.0 Å². The Morgan fingerprint density at radius 1 is 0.932 bits per heavy atom. The summed E-state index contributed by atoms with van der Waals surface area (Å²) in [4.78, 5) is 33.4. The van der Waals surface area contributed by atoms with Crippen LogP contribution in [0.3, 0.4) is 0 Å². The van der Waals surface area contributed by atoms with E-state index in [1.807, 2.05) is 30.3 Å². The van der Waals surface area contributed by atoms with E-state index in [4.69, 9.17) is 21.1 Å². The van der Waals surface area contributed by atoms with E-state index in [9.17, 15) is 14.7 Å². The monoisotopic (exact) mass is 624 g/mol. The van der Waals surface area contributed by atoms with Gasteiger partial charge in [0.25, 0.3) is 5.78 Å². The van der Waals surface area contributed by atoms with Gasteiger partial charge in [0, 0.05) is 10.6 Å². The van der Waals surface area contributed by atoms with Crippen molar-refractivity contribution in [2.75, 3.05) is 11.5 Å². The van der Waals surface area contributed by atoms with Crippen LogP contribution in [0.5, 0.6) is 11.5 Å². The van der Waals surface area contributed by atoms with Crippen LogP contribution >= 0.6 is 22.9 Å². The van der Waals surface area contributed by atoms with Gasteiger partial charge in [-0.3, -0.25) is 14.5 Å². The van der Waals surface area contributed by atoms with Crippen molar-refractivity contribution in [2.24, 2.45) is 0 Å². The second-order valence-corrected chi connectivity index (χ2v) is 11.8. The number of hydrogen-bond acceptors (Lipinski definition) is 7. The number of benzene rings is 4. The van der Waals surface area contributed by atoms with Crippen LogP contribution in [0.2, 0.25) is 5.02 Å². The molecule has 9 heteroatoms. The smallest absolute Gasteiger partial charge is 0.301 e. The average Bonchev–Trinajstić information content (AvgIpc) is 3.58. The number of fused-ring (bicyclic) bond motifs is 1. The first-order chi connectivity index (χ1) is 21.4. The van der Waals surface area contributed by atoms with Crippen molar-refractivity contribution in [3.63, 3.8) is 0 Å². The maximum absolute atomic E-state index is 13.7. The summed E-state index contributed by atoms with van der Waals surface area (Å²) < 4.78 is 12.6. The molecule has 1 fully saturated rings. The molecule has 0 saturated carbocycles. The number of ether oxygens (including phenoxy) is 2. The third-order valence-corrected chi connectivity index (χ3v) is 8.56. The van der Waals surface area contributed by atoms with Crippen molar-refractivity contribution >= 4 is 55.7 Å². The SMILES string of the molecule is CCCCOc1cccc(/C(O)=C2\C(=O)C(=O)N(c3nc4ccc(Cl)cc4s3)C2c2ccc(OCc3ccccc3)cc2)c1. The van der Waals surface area contributed by atoms with Crippen LogP contribution in [-0.2, 0) is 16.2 Å². The summed E-state index contributed by atoms with van der Waals surface area (Å²) in [7, 11) is 0. The molecule has 4 aromatic carbocycles. The molecular weight excluding hydrogens is 596 g/mol. The van der Waals surface area contributed by atoms with Crippen LogP contribution in [-0.4, -0.2) is 28.4 Å². The third-order valence-electron chi connectivity index (χ3n) is 7.31. The summed E-state index contributed by atoms with van der Waals surface area (Å²) in [6, 6.07) is 28.2. The maximum atomic E-state index is 13.7. The van der Waals surface area contributed by atoms with Gasteiger partial charge in [0.2, 0.25) is 0 Å². The van der Waals surface area contributed by atoms with Crippen LogP contribution in [0.25, 0.3) is 16.0 Å². The Bertz CT molecular complexity index is 1850. The van der Waals surface area contributed by atoms with Crippen LogP contribution < -0.4 is 14.4 Å². The van der Waals surface area contributed by atoms with E-state index in [0.717, 1.165) is 23.1 Å². The average molecular weight is 625 g/mol. The van der Waals surface area contributed by atoms with E-state index >= 15 is 0 Å². The minimum absolute atomic E-state index is 0.0315. The molecule has 222 valence electrons. The van der Waals surface area contributed by atoms with E-state index in [0.29, 0.717) is 51.5 Å². The third kappa shape index (κ3) is 6.04. The zero-order valence-electron chi connectivity index (χ0n) is 23.9. The number of carbonyl (C=O) groups is 2. The number of rotatable bonds is 10. The number of thiazole rings is 1. The van der Waals surface area contributed by atoms with Gasteiger partial charge in [-0.2, -0.15) is 0 Å². The number of nitrogens with zero attached hydrogens (tertiary/aromatic N) is 2. The lowest BCUT2D eigenvalue weighted by molar-refractivity contribution is -0.132. The summed E-state index contributed by atoms with van der Waals surface area (Å²) in [5, 5.41) is 12.5. The van der Waals surface area contributed by atoms with Gasteiger partial charge in [0.05, 0.1) is 28.4 Å². The zero-order chi connectivity index (χ0) is 30.6. The lowest BCUT2D eigenvalue weighted by Crippen LogP contribution is -2.29. The molecule has 1 atom stereocenters. The van der Waals surface area contributed by atoms with E-state index in [1.54, 1.807) is 66.7 Å². The largest absolute Gasteiger partial charge is 0.507 e. The fraction of sp³-hybridized carbons (Fsp3) is 0.171. The molecule has 44 heavy (non-hydrogen) atoms.